The summed E-state index contributed by atoms with van der Waals surface area (Å²) in [5, 5.41) is 3.41. The third kappa shape index (κ3) is 3.54. The van der Waals surface area contributed by atoms with Gasteiger partial charge in [-0.3, -0.25) is 0 Å². The topological polar surface area (TPSA) is 12.0 Å². The number of hydrogen-bond donors (Lipinski definition) is 1. The van der Waals surface area contributed by atoms with Crippen LogP contribution in [0.4, 0.5) is 0 Å². The van der Waals surface area contributed by atoms with E-state index in [0.29, 0.717) is 6.04 Å². The van der Waals surface area contributed by atoms with E-state index in [2.05, 4.69) is 39.9 Å². The van der Waals surface area contributed by atoms with Crippen LogP contribution >= 0.6 is 0 Å². The fourth-order valence-corrected chi connectivity index (χ4v) is 0.948. The van der Waals surface area contributed by atoms with Gasteiger partial charge in [0.15, 0.2) is 0 Å². The first-order valence-corrected chi connectivity index (χ1v) is 4.00. The molecule has 10 heavy (non-hydrogen) atoms. The average molecular weight is 141 g/mol. The predicted molar refractivity (Wildman–Crippen MR) is 46.9 cm³/mol. The van der Waals surface area contributed by atoms with E-state index >= 15 is 0 Å². The van der Waals surface area contributed by atoms with Crippen LogP contribution in [0.1, 0.15) is 41.0 Å². The zero-order valence-electron chi connectivity index (χ0n) is 7.78. The minimum atomic E-state index is 0.560. The Kier molecular flexibility index (Phi) is 4.17. The second-order valence-corrected chi connectivity index (χ2v) is 3.13. The van der Waals surface area contributed by atoms with Crippen molar-refractivity contribution in [2.45, 2.75) is 47.1 Å². The Morgan fingerprint density at radius 3 is 1.90 bits per heavy atom. The van der Waals surface area contributed by atoms with Gasteiger partial charge in [-0.1, -0.05) is 12.5 Å². The van der Waals surface area contributed by atoms with Gasteiger partial charge in [0.05, 0.1) is 0 Å². The lowest BCUT2D eigenvalue weighted by Crippen LogP contribution is -2.22. The van der Waals surface area contributed by atoms with Gasteiger partial charge in [-0.25, -0.2) is 0 Å². The van der Waals surface area contributed by atoms with Crippen molar-refractivity contribution >= 4 is 0 Å². The monoisotopic (exact) mass is 141 g/mol. The summed E-state index contributed by atoms with van der Waals surface area (Å²) in [6.07, 6.45) is 1.11. The molecule has 0 bridgehead atoms. The highest BCUT2D eigenvalue weighted by molar-refractivity contribution is 5.07. The molecule has 0 saturated heterocycles. The molecule has 0 aromatic rings. The Labute approximate surface area is 64.5 Å². The van der Waals surface area contributed by atoms with Crippen molar-refractivity contribution in [3.63, 3.8) is 0 Å². The van der Waals surface area contributed by atoms with Crippen molar-refractivity contribution in [2.24, 2.45) is 0 Å². The molecule has 60 valence electrons. The van der Waals surface area contributed by atoms with Gasteiger partial charge < -0.3 is 5.32 Å². The molecule has 0 amide bonds. The van der Waals surface area contributed by atoms with Gasteiger partial charge in [0, 0.05) is 11.7 Å². The van der Waals surface area contributed by atoms with Crippen LogP contribution in [0.15, 0.2) is 11.3 Å². The Morgan fingerprint density at radius 2 is 1.80 bits per heavy atom. The first kappa shape index (κ1) is 9.54. The Hall–Kier alpha value is -0.460. The van der Waals surface area contributed by atoms with Crippen molar-refractivity contribution in [2.75, 3.05) is 0 Å². The molecule has 1 nitrogen and oxygen atoms in total. The van der Waals surface area contributed by atoms with Crippen LogP contribution < -0.4 is 5.32 Å². The lowest BCUT2D eigenvalue weighted by Gasteiger charge is -2.14. The summed E-state index contributed by atoms with van der Waals surface area (Å²) in [7, 11) is 0. The van der Waals surface area contributed by atoms with Crippen LogP contribution in [0.3, 0.4) is 0 Å². The summed E-state index contributed by atoms with van der Waals surface area (Å²) in [6, 6.07) is 0.560. The lowest BCUT2D eigenvalue weighted by atomic mass is 10.2. The van der Waals surface area contributed by atoms with E-state index in [1.807, 2.05) is 0 Å². The van der Waals surface area contributed by atoms with Gasteiger partial charge in [-0.15, -0.1) is 0 Å². The number of hydrogen-bond acceptors (Lipinski definition) is 1. The van der Waals surface area contributed by atoms with Crippen molar-refractivity contribution in [3.05, 3.63) is 11.3 Å². The highest BCUT2D eigenvalue weighted by Crippen LogP contribution is 2.04. The van der Waals surface area contributed by atoms with Crippen molar-refractivity contribution in [1.29, 1.82) is 0 Å². The van der Waals surface area contributed by atoms with E-state index < -0.39 is 0 Å². The van der Waals surface area contributed by atoms with Crippen LogP contribution in [0.5, 0.6) is 0 Å². The Balaban J connectivity index is 3.97. The molecule has 1 heteroatoms. The SMILES string of the molecule is CCC(NC(C)C)=C(C)C. The van der Waals surface area contributed by atoms with Crippen LogP contribution in [0, 0.1) is 0 Å². The zero-order chi connectivity index (χ0) is 8.15. The fourth-order valence-electron chi connectivity index (χ4n) is 0.948. The smallest absolute Gasteiger partial charge is 0.0201 e. The van der Waals surface area contributed by atoms with Crippen LogP contribution in [-0.4, -0.2) is 6.04 Å². The van der Waals surface area contributed by atoms with Gasteiger partial charge in [0.1, 0.15) is 0 Å². The van der Waals surface area contributed by atoms with E-state index in [1.165, 1.54) is 11.3 Å². The van der Waals surface area contributed by atoms with Crippen LogP contribution in [0.2, 0.25) is 0 Å². The van der Waals surface area contributed by atoms with Crippen molar-refractivity contribution < 1.29 is 0 Å². The fraction of sp³-hybridized carbons (Fsp3) is 0.778. The van der Waals surface area contributed by atoms with Crippen molar-refractivity contribution in [1.82, 2.24) is 5.32 Å². The molecule has 0 radical (unpaired) electrons. The van der Waals surface area contributed by atoms with E-state index in [0.717, 1.165) is 6.42 Å². The van der Waals surface area contributed by atoms with Crippen LogP contribution in [0.25, 0.3) is 0 Å². The third-order valence-corrected chi connectivity index (χ3v) is 1.42. The number of nitrogens with one attached hydrogen (secondary N) is 1. The molecule has 0 atom stereocenters. The summed E-state index contributed by atoms with van der Waals surface area (Å²) < 4.78 is 0. The molecule has 0 heterocycles. The predicted octanol–water partition coefficient (Wildman–Crippen LogP) is 2.69. The molecule has 0 spiro atoms. The molecule has 0 saturated carbocycles. The maximum atomic E-state index is 3.41. The van der Waals surface area contributed by atoms with Gasteiger partial charge in [-0.05, 0) is 34.1 Å². The first-order valence-electron chi connectivity index (χ1n) is 4.00. The highest BCUT2D eigenvalue weighted by atomic mass is 14.9. The third-order valence-electron chi connectivity index (χ3n) is 1.42. The van der Waals surface area contributed by atoms with Gasteiger partial charge >= 0.3 is 0 Å². The molecule has 0 rings (SSSR count). The minimum absolute atomic E-state index is 0.560. The molecule has 0 unspecified atom stereocenters. The van der Waals surface area contributed by atoms with E-state index in [9.17, 15) is 0 Å². The maximum Gasteiger partial charge on any atom is 0.0201 e. The zero-order valence-corrected chi connectivity index (χ0v) is 7.78. The molecule has 0 fully saturated rings. The largest absolute Gasteiger partial charge is 0.386 e. The maximum absolute atomic E-state index is 3.41. The van der Waals surface area contributed by atoms with Gasteiger partial charge in [0.2, 0.25) is 0 Å². The lowest BCUT2D eigenvalue weighted by molar-refractivity contribution is 0.643. The van der Waals surface area contributed by atoms with E-state index in [4.69, 9.17) is 0 Å². The summed E-state index contributed by atoms with van der Waals surface area (Å²) in [4.78, 5) is 0. The molecule has 0 aromatic carbocycles. The summed E-state index contributed by atoms with van der Waals surface area (Å²) >= 11 is 0. The van der Waals surface area contributed by atoms with E-state index in [1.54, 1.807) is 0 Å². The summed E-state index contributed by atoms with van der Waals surface area (Å²) in [5.74, 6) is 0. The van der Waals surface area contributed by atoms with Crippen LogP contribution in [-0.2, 0) is 0 Å². The van der Waals surface area contributed by atoms with Gasteiger partial charge in [-0.2, -0.15) is 0 Å². The Bertz CT molecular complexity index is 119. The molecular formula is C9H19N. The second kappa shape index (κ2) is 4.37. The number of allylic oxidation sites excluding steroid dienone is 2. The quantitative estimate of drug-likeness (QED) is 0.637. The average Bonchev–Trinajstić information content (AvgIpc) is 1.81. The van der Waals surface area contributed by atoms with Gasteiger partial charge in [0.25, 0.3) is 0 Å². The highest BCUT2D eigenvalue weighted by Gasteiger charge is 1.96. The molecule has 0 aliphatic carbocycles. The molecule has 0 aromatic heterocycles. The van der Waals surface area contributed by atoms with Crippen molar-refractivity contribution in [3.8, 4) is 0 Å². The first-order chi connectivity index (χ1) is 4.57. The second-order valence-electron chi connectivity index (χ2n) is 3.13. The summed E-state index contributed by atoms with van der Waals surface area (Å²) in [6.45, 7) is 10.8. The molecule has 0 aliphatic heterocycles. The number of rotatable bonds is 3. The molecular weight excluding hydrogens is 122 g/mol. The Morgan fingerprint density at radius 1 is 1.30 bits per heavy atom. The molecule has 1 N–H and O–H groups in total. The molecule has 0 aliphatic rings. The minimum Gasteiger partial charge on any atom is -0.386 e. The normalized spacial score (nSPS) is 9.80. The summed E-state index contributed by atoms with van der Waals surface area (Å²) in [5.41, 5.74) is 2.78. The standard InChI is InChI=1S/C9H19N/c1-6-9(7(2)3)10-8(4)5/h8,10H,6H2,1-5H3. The van der Waals surface area contributed by atoms with E-state index in [-0.39, 0.29) is 0 Å².